The summed E-state index contributed by atoms with van der Waals surface area (Å²) in [5.41, 5.74) is 8.60. The smallest absolute Gasteiger partial charge is 0.328 e. The first kappa shape index (κ1) is 23.0. The summed E-state index contributed by atoms with van der Waals surface area (Å²) in [6.07, 6.45) is 1.12. The summed E-state index contributed by atoms with van der Waals surface area (Å²) < 4.78 is 4.86. The van der Waals surface area contributed by atoms with Gasteiger partial charge in [0.25, 0.3) is 0 Å². The molecule has 0 saturated carbocycles. The zero-order valence-electron chi connectivity index (χ0n) is 17.0. The molecule has 2 unspecified atom stereocenters. The van der Waals surface area contributed by atoms with Crippen molar-refractivity contribution in [1.82, 2.24) is 5.32 Å². The predicted molar refractivity (Wildman–Crippen MR) is 122 cm³/mol. The van der Waals surface area contributed by atoms with E-state index in [1.54, 1.807) is 12.1 Å². The monoisotopic (exact) mass is 459 g/mol. The number of methoxy groups -OCH3 is 1. The Morgan fingerprint density at radius 3 is 2.58 bits per heavy atom. The Morgan fingerprint density at radius 2 is 1.90 bits per heavy atom. The van der Waals surface area contributed by atoms with E-state index in [4.69, 9.17) is 33.7 Å². The van der Waals surface area contributed by atoms with E-state index in [0.29, 0.717) is 40.7 Å². The third-order valence-corrected chi connectivity index (χ3v) is 5.50. The van der Waals surface area contributed by atoms with Crippen molar-refractivity contribution in [2.24, 2.45) is 5.73 Å². The number of ether oxygens (including phenoxy) is 1. The van der Waals surface area contributed by atoms with Gasteiger partial charge >= 0.3 is 5.97 Å². The number of benzene rings is 2. The zero-order chi connectivity index (χ0) is 22.4. The van der Waals surface area contributed by atoms with Crippen LogP contribution in [-0.2, 0) is 27.2 Å². The zero-order valence-corrected chi connectivity index (χ0v) is 18.5. The van der Waals surface area contributed by atoms with Crippen molar-refractivity contribution in [3.63, 3.8) is 0 Å². The fourth-order valence-electron chi connectivity index (χ4n) is 3.53. The van der Waals surface area contributed by atoms with Gasteiger partial charge in [-0.1, -0.05) is 59.3 Å². The number of carbonyl (C=O) groups excluding carboxylic acids is 2. The summed E-state index contributed by atoms with van der Waals surface area (Å²) in [5, 5.41) is 6.95. The number of esters is 1. The maximum atomic E-state index is 12.8. The Morgan fingerprint density at radius 1 is 1.19 bits per heavy atom. The van der Waals surface area contributed by atoms with Crippen molar-refractivity contribution >= 4 is 40.8 Å². The Kier molecular flexibility index (Phi) is 7.80. The molecule has 162 valence electrons. The number of nitrogens with one attached hydrogen (secondary N) is 2. The largest absolute Gasteiger partial charge is 0.467 e. The lowest BCUT2D eigenvalue weighted by atomic mass is 9.92. The molecule has 0 bridgehead atoms. The van der Waals surface area contributed by atoms with Crippen LogP contribution in [0.25, 0.3) is 0 Å². The van der Waals surface area contributed by atoms with Crippen LogP contribution >= 0.6 is 23.2 Å². The van der Waals surface area contributed by atoms with Crippen LogP contribution in [0.15, 0.2) is 36.4 Å². The number of carbonyl (C=O) groups is 2. The predicted octanol–water partition coefficient (Wildman–Crippen LogP) is 3.26. The normalized spacial score (nSPS) is 16.9. The van der Waals surface area contributed by atoms with Gasteiger partial charge in [-0.25, -0.2) is 4.79 Å². The number of rotatable bonds is 5. The molecule has 2 aromatic carbocycles. The second-order valence-corrected chi connectivity index (χ2v) is 8.00. The Hall–Kier alpha value is -2.72. The van der Waals surface area contributed by atoms with E-state index < -0.39 is 18.1 Å². The minimum atomic E-state index is -0.619. The topological polar surface area (TPSA) is 93.5 Å². The summed E-state index contributed by atoms with van der Waals surface area (Å²) in [5.74, 6) is 5.21. The van der Waals surface area contributed by atoms with Crippen molar-refractivity contribution in [1.29, 1.82) is 0 Å². The average Bonchev–Trinajstić information content (AvgIpc) is 2.73. The van der Waals surface area contributed by atoms with E-state index in [9.17, 15) is 9.59 Å². The van der Waals surface area contributed by atoms with Crippen LogP contribution in [0.1, 0.15) is 29.2 Å². The third-order valence-electron chi connectivity index (χ3n) is 4.97. The summed E-state index contributed by atoms with van der Waals surface area (Å²) in [7, 11) is 1.32. The van der Waals surface area contributed by atoms with Gasteiger partial charge in [0.15, 0.2) is 0 Å². The van der Waals surface area contributed by atoms with E-state index in [1.807, 2.05) is 24.3 Å². The molecule has 2 atom stereocenters. The molecule has 4 N–H and O–H groups in total. The molecule has 0 saturated heterocycles. The highest BCUT2D eigenvalue weighted by Gasteiger charge is 2.34. The average molecular weight is 460 g/mol. The Bertz CT molecular complexity index is 1030. The molecule has 6 nitrogen and oxygen atoms in total. The molecule has 1 aliphatic rings. The van der Waals surface area contributed by atoms with E-state index in [2.05, 4.69) is 22.5 Å². The first-order valence-corrected chi connectivity index (χ1v) is 10.5. The molecule has 0 aromatic heterocycles. The molecule has 31 heavy (non-hydrogen) atoms. The molecule has 0 fully saturated rings. The Balaban J connectivity index is 1.73. The molecule has 0 aliphatic carbocycles. The van der Waals surface area contributed by atoms with Gasteiger partial charge in [0.2, 0.25) is 5.91 Å². The molecule has 0 radical (unpaired) electrons. The lowest BCUT2D eigenvalue weighted by molar-refractivity contribution is -0.142. The Labute approximate surface area is 191 Å². The van der Waals surface area contributed by atoms with E-state index in [0.717, 1.165) is 11.1 Å². The third kappa shape index (κ3) is 5.92. The SMILES string of the molecule is COC(=O)C1CC(NC(=O)Cc2ccc(CC#CCN)cc2)c2c(Cl)cc(Cl)cc2N1. The number of halogens is 2. The summed E-state index contributed by atoms with van der Waals surface area (Å²) in [6, 6.07) is 9.92. The maximum Gasteiger partial charge on any atom is 0.328 e. The number of nitrogens with two attached hydrogens (primary N) is 1. The number of hydrogen-bond donors (Lipinski definition) is 3. The highest BCUT2D eigenvalue weighted by atomic mass is 35.5. The molecule has 0 spiro atoms. The summed E-state index contributed by atoms with van der Waals surface area (Å²) in [6.45, 7) is 0.338. The number of anilines is 1. The summed E-state index contributed by atoms with van der Waals surface area (Å²) in [4.78, 5) is 24.9. The maximum absolute atomic E-state index is 12.8. The standard InChI is InChI=1S/C23H23Cl2N3O3/c1-31-23(30)20-13-19(22-17(25)11-16(24)12-18(22)27-20)28-21(29)10-15-7-5-14(6-8-15)4-2-3-9-26/h5-8,11-12,19-20,27H,4,9-10,13,26H2,1H3,(H,28,29). The van der Waals surface area contributed by atoms with E-state index in [1.165, 1.54) is 7.11 Å². The first-order chi connectivity index (χ1) is 14.9. The van der Waals surface area contributed by atoms with Gasteiger partial charge in [0.05, 0.1) is 26.1 Å². The van der Waals surface area contributed by atoms with Crippen molar-refractivity contribution in [2.75, 3.05) is 19.0 Å². The van der Waals surface area contributed by atoms with Crippen LogP contribution in [-0.4, -0.2) is 31.6 Å². The minimum absolute atomic E-state index is 0.178. The molecule has 1 aliphatic heterocycles. The molecule has 2 aromatic rings. The van der Waals surface area contributed by atoms with Crippen LogP contribution in [0.5, 0.6) is 0 Å². The number of hydrogen-bond acceptors (Lipinski definition) is 5. The van der Waals surface area contributed by atoms with Gasteiger partial charge in [-0.2, -0.15) is 0 Å². The van der Waals surface area contributed by atoms with Gasteiger partial charge in [0, 0.05) is 34.1 Å². The van der Waals surface area contributed by atoms with Gasteiger partial charge in [-0.05, 0) is 23.3 Å². The van der Waals surface area contributed by atoms with Crippen LogP contribution < -0.4 is 16.4 Å². The number of fused-ring (bicyclic) bond motifs is 1. The minimum Gasteiger partial charge on any atom is -0.467 e. The van der Waals surface area contributed by atoms with Crippen molar-refractivity contribution in [3.8, 4) is 11.8 Å². The lowest BCUT2D eigenvalue weighted by Gasteiger charge is -2.33. The molecule has 3 rings (SSSR count). The number of amides is 1. The van der Waals surface area contributed by atoms with Crippen molar-refractivity contribution < 1.29 is 14.3 Å². The quantitative estimate of drug-likeness (QED) is 0.471. The molecule has 8 heteroatoms. The highest BCUT2D eigenvalue weighted by Crippen LogP contribution is 2.40. The van der Waals surface area contributed by atoms with Gasteiger partial charge in [-0.3, -0.25) is 4.79 Å². The van der Waals surface area contributed by atoms with Gasteiger partial charge in [-0.15, -0.1) is 0 Å². The second-order valence-electron chi connectivity index (χ2n) is 7.15. The van der Waals surface area contributed by atoms with Gasteiger partial charge < -0.3 is 21.1 Å². The van der Waals surface area contributed by atoms with Crippen LogP contribution in [0.3, 0.4) is 0 Å². The molecule has 1 amide bonds. The molecular formula is C23H23Cl2N3O3. The summed E-state index contributed by atoms with van der Waals surface area (Å²) >= 11 is 12.5. The lowest BCUT2D eigenvalue weighted by Crippen LogP contribution is -2.42. The molecule has 1 heterocycles. The van der Waals surface area contributed by atoms with E-state index >= 15 is 0 Å². The fourth-order valence-corrected chi connectivity index (χ4v) is 4.15. The van der Waals surface area contributed by atoms with Gasteiger partial charge in [0.1, 0.15) is 6.04 Å². The van der Waals surface area contributed by atoms with Crippen molar-refractivity contribution in [2.45, 2.75) is 31.3 Å². The molecular weight excluding hydrogens is 437 g/mol. The fraction of sp³-hybridized carbons (Fsp3) is 0.304. The second kappa shape index (κ2) is 10.5. The van der Waals surface area contributed by atoms with E-state index in [-0.39, 0.29) is 12.3 Å². The van der Waals surface area contributed by atoms with Crippen LogP contribution in [0, 0.1) is 11.8 Å². The first-order valence-electron chi connectivity index (χ1n) is 9.77. The highest BCUT2D eigenvalue weighted by molar-refractivity contribution is 6.35. The van der Waals surface area contributed by atoms with Crippen LogP contribution in [0.4, 0.5) is 5.69 Å². The van der Waals surface area contributed by atoms with Crippen molar-refractivity contribution in [3.05, 3.63) is 63.1 Å². The van der Waals surface area contributed by atoms with Crippen LogP contribution in [0.2, 0.25) is 10.0 Å².